The maximum absolute atomic E-state index is 13.0. The quantitative estimate of drug-likeness (QED) is 0.659. The fraction of sp³-hybridized carbons (Fsp3) is 0.211. The third-order valence-electron chi connectivity index (χ3n) is 4.59. The Balaban J connectivity index is 1.66. The van der Waals surface area contributed by atoms with Crippen molar-refractivity contribution in [2.24, 2.45) is 0 Å². The lowest BCUT2D eigenvalue weighted by Gasteiger charge is -2.34. The molecule has 5 nitrogen and oxygen atoms in total. The highest BCUT2D eigenvalue weighted by Gasteiger charge is 2.31. The van der Waals surface area contributed by atoms with Gasteiger partial charge in [0.2, 0.25) is 0 Å². The molecule has 0 unspecified atom stereocenters. The largest absolute Gasteiger partial charge is 0.327 e. The van der Waals surface area contributed by atoms with Gasteiger partial charge in [-0.15, -0.1) is 10.2 Å². The number of nitrogens with zero attached hydrogens (tertiary/aromatic N) is 4. The van der Waals surface area contributed by atoms with Gasteiger partial charge in [-0.2, -0.15) is 0 Å². The highest BCUT2D eigenvalue weighted by Crippen LogP contribution is 2.29. The van der Waals surface area contributed by atoms with Crippen LogP contribution in [-0.2, 0) is 13.1 Å². The van der Waals surface area contributed by atoms with Crippen LogP contribution in [0.2, 0.25) is 10.0 Å². The molecule has 26 heavy (non-hydrogen) atoms. The van der Waals surface area contributed by atoms with Crippen LogP contribution in [0.25, 0.3) is 11.4 Å². The number of carbonyl (C=O) groups is 1. The topological polar surface area (TPSA) is 51.0 Å². The Bertz CT molecular complexity index is 971. The molecule has 1 aliphatic heterocycles. The molecule has 0 N–H and O–H groups in total. The lowest BCUT2D eigenvalue weighted by molar-refractivity contribution is 0.0612. The van der Waals surface area contributed by atoms with Crippen molar-refractivity contribution in [3.63, 3.8) is 0 Å². The van der Waals surface area contributed by atoms with Gasteiger partial charge in [-0.25, -0.2) is 0 Å². The van der Waals surface area contributed by atoms with Crippen LogP contribution >= 0.6 is 23.2 Å². The zero-order chi connectivity index (χ0) is 18.3. The molecular weight excluding hydrogens is 371 g/mol. The summed E-state index contributed by atoms with van der Waals surface area (Å²) in [5, 5.41) is 9.28. The highest BCUT2D eigenvalue weighted by atomic mass is 35.5. The van der Waals surface area contributed by atoms with E-state index in [9.17, 15) is 4.79 Å². The molecule has 1 atom stereocenters. The van der Waals surface area contributed by atoms with E-state index in [1.165, 1.54) is 0 Å². The standard InChI is InChI=1S/C19H16Cl2N4O/c1-12-10-25-16(22-23-18(25)13-6-3-2-4-7-13)11-24(12)19(26)14-8-5-9-15(20)17(14)21/h2-9,12H,10-11H2,1H3/t12-/m0/s1. The van der Waals surface area contributed by atoms with E-state index in [1.807, 2.05) is 37.3 Å². The summed E-state index contributed by atoms with van der Waals surface area (Å²) in [6.45, 7) is 3.01. The number of rotatable bonds is 2. The number of hydrogen-bond acceptors (Lipinski definition) is 3. The number of carbonyl (C=O) groups excluding carboxylic acids is 1. The first kappa shape index (κ1) is 17.1. The molecule has 1 aromatic heterocycles. The van der Waals surface area contributed by atoms with Crippen molar-refractivity contribution < 1.29 is 4.79 Å². The first-order valence-electron chi connectivity index (χ1n) is 8.28. The van der Waals surface area contributed by atoms with Crippen molar-refractivity contribution in [1.82, 2.24) is 19.7 Å². The normalized spacial score (nSPS) is 16.4. The summed E-state index contributed by atoms with van der Waals surface area (Å²) in [5.41, 5.74) is 1.42. The van der Waals surface area contributed by atoms with Gasteiger partial charge in [-0.05, 0) is 19.1 Å². The molecule has 0 bridgehead atoms. The maximum Gasteiger partial charge on any atom is 0.256 e. The third kappa shape index (κ3) is 2.87. The van der Waals surface area contributed by atoms with Gasteiger partial charge >= 0.3 is 0 Å². The van der Waals surface area contributed by atoms with E-state index in [2.05, 4.69) is 14.8 Å². The van der Waals surface area contributed by atoms with E-state index >= 15 is 0 Å². The number of halogens is 2. The summed E-state index contributed by atoms with van der Waals surface area (Å²) in [7, 11) is 0. The lowest BCUT2D eigenvalue weighted by Crippen LogP contribution is -2.45. The Labute approximate surface area is 161 Å². The van der Waals surface area contributed by atoms with Gasteiger partial charge in [0.25, 0.3) is 5.91 Å². The SMILES string of the molecule is C[C@H]1Cn2c(nnc2-c2ccccc2)CN1C(=O)c1cccc(Cl)c1Cl. The lowest BCUT2D eigenvalue weighted by atomic mass is 10.1. The van der Waals surface area contributed by atoms with Crippen molar-refractivity contribution in [3.05, 3.63) is 70.0 Å². The molecule has 0 saturated carbocycles. The monoisotopic (exact) mass is 386 g/mol. The Morgan fingerprint density at radius 2 is 1.85 bits per heavy atom. The van der Waals surface area contributed by atoms with Gasteiger partial charge < -0.3 is 9.47 Å². The molecule has 0 radical (unpaired) electrons. The average molecular weight is 387 g/mol. The predicted molar refractivity (Wildman–Crippen MR) is 101 cm³/mol. The highest BCUT2D eigenvalue weighted by molar-refractivity contribution is 6.43. The smallest absolute Gasteiger partial charge is 0.256 e. The Morgan fingerprint density at radius 1 is 1.08 bits per heavy atom. The van der Waals surface area contributed by atoms with Crippen LogP contribution in [-0.4, -0.2) is 31.6 Å². The fourth-order valence-corrected chi connectivity index (χ4v) is 3.59. The van der Waals surface area contributed by atoms with Crippen LogP contribution < -0.4 is 0 Å². The van der Waals surface area contributed by atoms with Crippen LogP contribution in [0.1, 0.15) is 23.1 Å². The van der Waals surface area contributed by atoms with E-state index in [-0.39, 0.29) is 17.0 Å². The van der Waals surface area contributed by atoms with Crippen LogP contribution in [0.4, 0.5) is 0 Å². The molecule has 3 aromatic rings. The second-order valence-electron chi connectivity index (χ2n) is 6.30. The zero-order valence-electron chi connectivity index (χ0n) is 14.1. The summed E-state index contributed by atoms with van der Waals surface area (Å²) >= 11 is 12.3. The summed E-state index contributed by atoms with van der Waals surface area (Å²) in [6.07, 6.45) is 0. The summed E-state index contributed by atoms with van der Waals surface area (Å²) in [6, 6.07) is 15.0. The van der Waals surface area contributed by atoms with Crippen molar-refractivity contribution in [2.45, 2.75) is 26.1 Å². The van der Waals surface area contributed by atoms with Gasteiger partial charge in [0.1, 0.15) is 0 Å². The third-order valence-corrected chi connectivity index (χ3v) is 5.41. The molecule has 1 amide bonds. The van der Waals surface area contributed by atoms with Crippen molar-refractivity contribution in [2.75, 3.05) is 0 Å². The second-order valence-corrected chi connectivity index (χ2v) is 7.09. The molecule has 2 aromatic carbocycles. The minimum absolute atomic E-state index is 0.0245. The zero-order valence-corrected chi connectivity index (χ0v) is 15.6. The minimum Gasteiger partial charge on any atom is -0.327 e. The molecule has 4 rings (SSSR count). The van der Waals surface area contributed by atoms with Gasteiger partial charge in [0, 0.05) is 18.2 Å². The van der Waals surface area contributed by atoms with Crippen molar-refractivity contribution in [1.29, 1.82) is 0 Å². The van der Waals surface area contributed by atoms with E-state index < -0.39 is 0 Å². The Morgan fingerprint density at radius 3 is 2.62 bits per heavy atom. The summed E-state index contributed by atoms with van der Waals surface area (Å²) < 4.78 is 2.07. The molecule has 0 spiro atoms. The molecule has 0 aliphatic carbocycles. The maximum atomic E-state index is 13.0. The Kier molecular flexibility index (Phi) is 4.42. The van der Waals surface area contributed by atoms with Crippen molar-refractivity contribution >= 4 is 29.1 Å². The van der Waals surface area contributed by atoms with Gasteiger partial charge in [0.05, 0.1) is 22.2 Å². The van der Waals surface area contributed by atoms with E-state index in [0.29, 0.717) is 23.7 Å². The molecule has 0 fully saturated rings. The van der Waals surface area contributed by atoms with Crippen LogP contribution in [0, 0.1) is 0 Å². The molecule has 0 saturated heterocycles. The number of amides is 1. The number of fused-ring (bicyclic) bond motifs is 1. The van der Waals surface area contributed by atoms with Crippen LogP contribution in [0.5, 0.6) is 0 Å². The molecule has 1 aliphatic rings. The molecule has 132 valence electrons. The number of benzene rings is 2. The summed E-state index contributed by atoms with van der Waals surface area (Å²) in [5.74, 6) is 1.43. The van der Waals surface area contributed by atoms with Gasteiger partial charge in [-0.3, -0.25) is 4.79 Å². The molecule has 2 heterocycles. The average Bonchev–Trinajstić information content (AvgIpc) is 3.06. The van der Waals surface area contributed by atoms with Gasteiger partial charge in [-0.1, -0.05) is 59.6 Å². The summed E-state index contributed by atoms with van der Waals surface area (Å²) in [4.78, 5) is 14.8. The number of aromatic nitrogens is 3. The van der Waals surface area contributed by atoms with E-state index in [0.717, 1.165) is 17.2 Å². The van der Waals surface area contributed by atoms with Crippen molar-refractivity contribution in [3.8, 4) is 11.4 Å². The minimum atomic E-state index is -0.152. The van der Waals surface area contributed by atoms with Crippen LogP contribution in [0.3, 0.4) is 0 Å². The second kappa shape index (κ2) is 6.74. The molecular formula is C19H16Cl2N4O. The Hall–Kier alpha value is -2.37. The first-order chi connectivity index (χ1) is 12.6. The van der Waals surface area contributed by atoms with Gasteiger partial charge in [0.15, 0.2) is 11.6 Å². The molecule has 7 heteroatoms. The number of hydrogen-bond donors (Lipinski definition) is 0. The van der Waals surface area contributed by atoms with Crippen LogP contribution in [0.15, 0.2) is 48.5 Å². The van der Waals surface area contributed by atoms with E-state index in [1.54, 1.807) is 23.1 Å². The van der Waals surface area contributed by atoms with E-state index in [4.69, 9.17) is 23.2 Å². The first-order valence-corrected chi connectivity index (χ1v) is 9.04. The predicted octanol–water partition coefficient (Wildman–Crippen LogP) is 4.30. The fourth-order valence-electron chi connectivity index (χ4n) is 3.21.